The summed E-state index contributed by atoms with van der Waals surface area (Å²) in [5.74, 6) is -1.16. The summed E-state index contributed by atoms with van der Waals surface area (Å²) >= 11 is 7.59. The van der Waals surface area contributed by atoms with Crippen LogP contribution in [0.25, 0.3) is 0 Å². The van der Waals surface area contributed by atoms with E-state index in [0.29, 0.717) is 10.6 Å². The average Bonchev–Trinajstić information content (AvgIpc) is 2.46. The molecule has 0 aliphatic carbocycles. The first-order chi connectivity index (χ1) is 9.97. The van der Waals surface area contributed by atoms with Crippen LogP contribution in [0, 0.1) is 0 Å². The summed E-state index contributed by atoms with van der Waals surface area (Å²) in [6, 6.07) is 4.24. The minimum atomic E-state index is -1.16. The number of carbonyl (C=O) groups excluding carboxylic acids is 1. The van der Waals surface area contributed by atoms with E-state index in [1.807, 2.05) is 12.3 Å². The molecule has 0 saturated heterocycles. The molecule has 21 heavy (non-hydrogen) atoms. The van der Waals surface area contributed by atoms with Crippen molar-refractivity contribution in [3.05, 3.63) is 41.4 Å². The minimum Gasteiger partial charge on any atom is -0.480 e. The van der Waals surface area contributed by atoms with Crippen molar-refractivity contribution in [1.82, 2.24) is 5.32 Å². The number of thioether (sulfide) groups is 1. The van der Waals surface area contributed by atoms with Crippen molar-refractivity contribution in [3.8, 4) is 0 Å². The third-order valence-electron chi connectivity index (χ3n) is 2.60. The van der Waals surface area contributed by atoms with Crippen LogP contribution >= 0.6 is 23.4 Å². The minimum absolute atomic E-state index is 0.0148. The third-order valence-corrected chi connectivity index (χ3v) is 3.69. The highest BCUT2D eigenvalue weighted by Gasteiger charge is 2.22. The molecule has 1 amide bonds. The molecule has 1 rings (SSSR count). The van der Waals surface area contributed by atoms with Gasteiger partial charge in [-0.05, 0) is 30.0 Å². The number of carboxylic acid groups (broad SMARTS) is 1. The second-order valence-electron chi connectivity index (χ2n) is 4.08. The molecule has 0 bridgehead atoms. The maximum absolute atomic E-state index is 11.4. The van der Waals surface area contributed by atoms with Gasteiger partial charge in [-0.25, -0.2) is 9.59 Å². The summed E-state index contributed by atoms with van der Waals surface area (Å²) in [5, 5.41) is 11.9. The summed E-state index contributed by atoms with van der Waals surface area (Å²) in [6.45, 7) is 3.42. The summed E-state index contributed by atoms with van der Waals surface area (Å²) < 4.78 is 4.72. The van der Waals surface area contributed by atoms with Gasteiger partial charge in [0.15, 0.2) is 0 Å². The summed E-state index contributed by atoms with van der Waals surface area (Å²) in [4.78, 5) is 23.6. The molecule has 0 radical (unpaired) electrons. The fourth-order valence-corrected chi connectivity index (χ4v) is 2.23. The van der Waals surface area contributed by atoms with E-state index in [-0.39, 0.29) is 13.0 Å². The Balaban J connectivity index is 2.81. The quantitative estimate of drug-likeness (QED) is 0.594. The highest BCUT2D eigenvalue weighted by Crippen LogP contribution is 2.24. The second kappa shape index (κ2) is 8.59. The van der Waals surface area contributed by atoms with Gasteiger partial charge in [-0.2, -0.15) is 0 Å². The van der Waals surface area contributed by atoms with E-state index >= 15 is 0 Å². The first-order valence-corrected chi connectivity index (χ1v) is 7.67. The van der Waals surface area contributed by atoms with E-state index in [1.165, 1.54) is 17.8 Å². The number of rotatable bonds is 7. The lowest BCUT2D eigenvalue weighted by Crippen LogP contribution is -2.42. The lowest BCUT2D eigenvalue weighted by atomic mass is 10.1. The number of ether oxygens (including phenoxy) is 1. The van der Waals surface area contributed by atoms with Gasteiger partial charge in [0.2, 0.25) is 0 Å². The van der Waals surface area contributed by atoms with Crippen LogP contribution < -0.4 is 5.32 Å². The normalized spacial score (nSPS) is 11.5. The zero-order valence-electron chi connectivity index (χ0n) is 11.5. The van der Waals surface area contributed by atoms with Crippen molar-refractivity contribution in [2.75, 3.05) is 12.9 Å². The van der Waals surface area contributed by atoms with Crippen molar-refractivity contribution in [2.24, 2.45) is 0 Å². The topological polar surface area (TPSA) is 75.6 Å². The van der Waals surface area contributed by atoms with Gasteiger partial charge >= 0.3 is 12.1 Å². The van der Waals surface area contributed by atoms with Crippen molar-refractivity contribution in [2.45, 2.75) is 17.4 Å². The number of amides is 1. The molecular weight excluding hydrogens is 314 g/mol. The van der Waals surface area contributed by atoms with Gasteiger partial charge in [0.25, 0.3) is 0 Å². The van der Waals surface area contributed by atoms with E-state index in [1.54, 1.807) is 12.1 Å². The Morgan fingerprint density at radius 2 is 2.29 bits per heavy atom. The number of halogens is 1. The summed E-state index contributed by atoms with van der Waals surface area (Å²) in [5.41, 5.74) is 0.653. The molecular formula is C14H16ClNO4S. The maximum Gasteiger partial charge on any atom is 0.408 e. The van der Waals surface area contributed by atoms with Crippen LogP contribution in [0.15, 0.2) is 35.7 Å². The molecule has 2 N–H and O–H groups in total. The van der Waals surface area contributed by atoms with E-state index in [2.05, 4.69) is 11.9 Å². The zero-order valence-corrected chi connectivity index (χ0v) is 13.0. The van der Waals surface area contributed by atoms with Gasteiger partial charge in [0.1, 0.15) is 12.6 Å². The van der Waals surface area contributed by atoms with Crippen LogP contribution in [0.1, 0.15) is 5.56 Å². The molecule has 114 valence electrons. The number of benzene rings is 1. The molecule has 1 aromatic carbocycles. The number of hydrogen-bond donors (Lipinski definition) is 2. The van der Waals surface area contributed by atoms with Gasteiger partial charge in [0, 0.05) is 16.3 Å². The van der Waals surface area contributed by atoms with Crippen LogP contribution in [0.4, 0.5) is 4.79 Å². The van der Waals surface area contributed by atoms with Crippen LogP contribution in [0.5, 0.6) is 0 Å². The fraction of sp³-hybridized carbons (Fsp3) is 0.286. The first kappa shape index (κ1) is 17.4. The Morgan fingerprint density at radius 3 is 2.86 bits per heavy atom. The van der Waals surface area contributed by atoms with Crippen LogP contribution in [0.2, 0.25) is 5.02 Å². The Kier molecular flexibility index (Phi) is 7.11. The third kappa shape index (κ3) is 5.69. The number of hydrogen-bond acceptors (Lipinski definition) is 4. The van der Waals surface area contributed by atoms with Gasteiger partial charge < -0.3 is 15.2 Å². The van der Waals surface area contributed by atoms with E-state index in [0.717, 1.165) is 4.90 Å². The monoisotopic (exact) mass is 329 g/mol. The standard InChI is InChI=1S/C14H16ClNO4S/c1-3-6-20-14(19)16-12(13(17)18)8-9-7-10(21-2)4-5-11(9)15/h3-5,7,12H,1,6,8H2,2H3,(H,16,19)(H,17,18). The van der Waals surface area contributed by atoms with Crippen LogP contribution in [-0.2, 0) is 16.0 Å². The van der Waals surface area contributed by atoms with Gasteiger partial charge in [-0.15, -0.1) is 11.8 Å². The van der Waals surface area contributed by atoms with Crippen LogP contribution in [-0.4, -0.2) is 36.1 Å². The molecule has 0 aliphatic heterocycles. The predicted octanol–water partition coefficient (Wildman–Crippen LogP) is 2.97. The number of nitrogens with one attached hydrogen (secondary N) is 1. The Labute approximate surface area is 132 Å². The molecule has 0 spiro atoms. The average molecular weight is 330 g/mol. The molecule has 0 saturated carbocycles. The van der Waals surface area contributed by atoms with Crippen molar-refractivity contribution >= 4 is 35.4 Å². The van der Waals surface area contributed by atoms with Crippen LogP contribution in [0.3, 0.4) is 0 Å². The van der Waals surface area contributed by atoms with Gasteiger partial charge in [0.05, 0.1) is 0 Å². The lowest BCUT2D eigenvalue weighted by Gasteiger charge is -2.15. The summed E-state index contributed by atoms with van der Waals surface area (Å²) in [7, 11) is 0. The Bertz CT molecular complexity index is 536. The molecule has 1 unspecified atom stereocenters. The van der Waals surface area contributed by atoms with Gasteiger partial charge in [-0.1, -0.05) is 24.3 Å². The first-order valence-electron chi connectivity index (χ1n) is 6.07. The number of carboxylic acids is 1. The van der Waals surface area contributed by atoms with Crippen molar-refractivity contribution in [3.63, 3.8) is 0 Å². The zero-order chi connectivity index (χ0) is 15.8. The highest BCUT2D eigenvalue weighted by molar-refractivity contribution is 7.98. The number of carbonyl (C=O) groups is 2. The van der Waals surface area contributed by atoms with E-state index < -0.39 is 18.1 Å². The Morgan fingerprint density at radius 1 is 1.57 bits per heavy atom. The maximum atomic E-state index is 11.4. The van der Waals surface area contributed by atoms with Crippen molar-refractivity contribution in [1.29, 1.82) is 0 Å². The molecule has 7 heteroatoms. The molecule has 5 nitrogen and oxygen atoms in total. The molecule has 0 heterocycles. The molecule has 0 aliphatic rings. The largest absolute Gasteiger partial charge is 0.480 e. The fourth-order valence-electron chi connectivity index (χ4n) is 1.57. The second-order valence-corrected chi connectivity index (χ2v) is 5.37. The smallest absolute Gasteiger partial charge is 0.408 e. The van der Waals surface area contributed by atoms with E-state index in [4.69, 9.17) is 16.3 Å². The number of aliphatic carboxylic acids is 1. The van der Waals surface area contributed by atoms with Gasteiger partial charge in [-0.3, -0.25) is 0 Å². The predicted molar refractivity (Wildman–Crippen MR) is 83.0 cm³/mol. The Hall–Kier alpha value is -1.66. The summed E-state index contributed by atoms with van der Waals surface area (Å²) in [6.07, 6.45) is 2.58. The number of alkyl carbamates (subject to hydrolysis) is 1. The molecule has 0 aromatic heterocycles. The van der Waals surface area contributed by atoms with Crippen molar-refractivity contribution < 1.29 is 19.4 Å². The molecule has 1 atom stereocenters. The SMILES string of the molecule is C=CCOC(=O)NC(Cc1cc(SC)ccc1Cl)C(=O)O. The molecule has 1 aromatic rings. The van der Waals surface area contributed by atoms with E-state index in [9.17, 15) is 14.7 Å². The lowest BCUT2D eigenvalue weighted by molar-refractivity contribution is -0.139. The highest BCUT2D eigenvalue weighted by atomic mass is 35.5. The molecule has 0 fully saturated rings.